The Hall–Kier alpha value is -3.35. The maximum Gasteiger partial charge on any atom is 0.405 e. The Labute approximate surface area is 177 Å². The van der Waals surface area contributed by atoms with Crippen molar-refractivity contribution in [2.24, 2.45) is 0 Å². The van der Waals surface area contributed by atoms with Crippen LogP contribution in [0.25, 0.3) is 10.8 Å². The minimum Gasteiger partial charge on any atom is -0.343 e. The van der Waals surface area contributed by atoms with Gasteiger partial charge >= 0.3 is 6.18 Å². The van der Waals surface area contributed by atoms with Crippen LogP contribution in [0, 0.1) is 0 Å². The van der Waals surface area contributed by atoms with E-state index in [9.17, 15) is 22.8 Å². The highest BCUT2D eigenvalue weighted by Crippen LogP contribution is 2.30. The molecule has 31 heavy (non-hydrogen) atoms. The lowest BCUT2D eigenvalue weighted by Crippen LogP contribution is -2.34. The van der Waals surface area contributed by atoms with Gasteiger partial charge in [-0.1, -0.05) is 42.5 Å². The molecule has 4 nitrogen and oxygen atoms in total. The molecule has 0 aromatic heterocycles. The number of benzene rings is 3. The molecule has 1 fully saturated rings. The molecule has 7 heteroatoms. The van der Waals surface area contributed by atoms with Crippen molar-refractivity contribution in [2.45, 2.75) is 31.6 Å². The van der Waals surface area contributed by atoms with Crippen LogP contribution in [0.4, 0.5) is 13.2 Å². The maximum atomic E-state index is 13.2. The van der Waals surface area contributed by atoms with Crippen LogP contribution in [0.5, 0.6) is 0 Å². The molecule has 0 atom stereocenters. The Morgan fingerprint density at radius 2 is 1.55 bits per heavy atom. The Morgan fingerprint density at radius 3 is 2.19 bits per heavy atom. The van der Waals surface area contributed by atoms with Crippen molar-refractivity contribution >= 4 is 22.6 Å². The summed E-state index contributed by atoms with van der Waals surface area (Å²) in [5.74, 6) is -0.838. The Balaban J connectivity index is 1.47. The summed E-state index contributed by atoms with van der Waals surface area (Å²) in [6.07, 6.45) is -2.57. The molecule has 1 aliphatic carbocycles. The van der Waals surface area contributed by atoms with E-state index < -0.39 is 18.6 Å². The van der Waals surface area contributed by atoms with E-state index in [2.05, 4.69) is 0 Å². The molecule has 1 saturated carbocycles. The number of fused-ring (bicyclic) bond motifs is 1. The standard InChI is InChI=1S/C24H21F3N2O2/c25-24(26,27)15-28-22(30)18-7-5-16(6-8-18)14-29(21-11-12-21)23(31)20-10-9-17-3-1-2-4-19(17)13-20/h1-10,13,21H,11-12,14-15H2,(H,28,30). The molecule has 0 radical (unpaired) electrons. The number of alkyl halides is 3. The summed E-state index contributed by atoms with van der Waals surface area (Å²) in [5.41, 5.74) is 1.58. The molecule has 4 rings (SSSR count). The molecule has 0 spiro atoms. The SMILES string of the molecule is O=C(NCC(F)(F)F)c1ccc(CN(C(=O)c2ccc3ccccc3c2)C2CC2)cc1. The lowest BCUT2D eigenvalue weighted by molar-refractivity contribution is -0.123. The molecule has 3 aromatic rings. The van der Waals surface area contributed by atoms with E-state index in [4.69, 9.17) is 0 Å². The van der Waals surface area contributed by atoms with Gasteiger partial charge < -0.3 is 10.2 Å². The monoisotopic (exact) mass is 426 g/mol. The fourth-order valence-electron chi connectivity index (χ4n) is 3.48. The summed E-state index contributed by atoms with van der Waals surface area (Å²) >= 11 is 0. The lowest BCUT2D eigenvalue weighted by atomic mass is 10.1. The first kappa shape index (κ1) is 20.9. The fraction of sp³-hybridized carbons (Fsp3) is 0.250. The highest BCUT2D eigenvalue weighted by molar-refractivity contribution is 5.99. The van der Waals surface area contributed by atoms with Crippen LogP contribution >= 0.6 is 0 Å². The molecule has 0 bridgehead atoms. The van der Waals surface area contributed by atoms with Crippen molar-refractivity contribution in [1.82, 2.24) is 10.2 Å². The van der Waals surface area contributed by atoms with E-state index in [0.717, 1.165) is 29.2 Å². The van der Waals surface area contributed by atoms with Crippen molar-refractivity contribution < 1.29 is 22.8 Å². The summed E-state index contributed by atoms with van der Waals surface area (Å²) < 4.78 is 36.8. The van der Waals surface area contributed by atoms with Crippen LogP contribution in [-0.2, 0) is 6.54 Å². The van der Waals surface area contributed by atoms with E-state index in [0.29, 0.717) is 12.1 Å². The van der Waals surface area contributed by atoms with Crippen molar-refractivity contribution in [3.63, 3.8) is 0 Å². The van der Waals surface area contributed by atoms with Gasteiger partial charge in [0, 0.05) is 23.7 Å². The molecular formula is C24H21F3N2O2. The quantitative estimate of drug-likeness (QED) is 0.607. The predicted molar refractivity (Wildman–Crippen MR) is 112 cm³/mol. The number of nitrogens with one attached hydrogen (secondary N) is 1. The highest BCUT2D eigenvalue weighted by Gasteiger charge is 2.33. The second-order valence-corrected chi connectivity index (χ2v) is 7.72. The molecule has 3 aromatic carbocycles. The Morgan fingerprint density at radius 1 is 0.903 bits per heavy atom. The van der Waals surface area contributed by atoms with Gasteiger partial charge in [-0.3, -0.25) is 9.59 Å². The van der Waals surface area contributed by atoms with Gasteiger partial charge in [-0.25, -0.2) is 0 Å². The van der Waals surface area contributed by atoms with Crippen molar-refractivity contribution in [3.8, 4) is 0 Å². The third kappa shape index (κ3) is 5.23. The number of carbonyl (C=O) groups is 2. The first-order valence-electron chi connectivity index (χ1n) is 10.0. The summed E-state index contributed by atoms with van der Waals surface area (Å²) in [5, 5.41) is 3.92. The zero-order valence-electron chi connectivity index (χ0n) is 16.7. The molecule has 1 aliphatic rings. The van der Waals surface area contributed by atoms with E-state index in [1.165, 1.54) is 12.1 Å². The first-order valence-corrected chi connectivity index (χ1v) is 10.0. The summed E-state index contributed by atoms with van der Waals surface area (Å²) in [6.45, 7) is -0.996. The number of hydrogen-bond donors (Lipinski definition) is 1. The maximum absolute atomic E-state index is 13.2. The Kier molecular flexibility index (Phi) is 5.67. The van der Waals surface area contributed by atoms with Gasteiger partial charge in [0.1, 0.15) is 6.54 Å². The number of halogens is 3. The van der Waals surface area contributed by atoms with Gasteiger partial charge in [0.25, 0.3) is 11.8 Å². The summed E-state index contributed by atoms with van der Waals surface area (Å²) in [6, 6.07) is 20.0. The summed E-state index contributed by atoms with van der Waals surface area (Å²) in [7, 11) is 0. The average Bonchev–Trinajstić information content (AvgIpc) is 3.60. The van der Waals surface area contributed by atoms with Gasteiger partial charge in [0.15, 0.2) is 0 Å². The number of rotatable bonds is 6. The van der Waals surface area contributed by atoms with Gasteiger partial charge in [-0.15, -0.1) is 0 Å². The van der Waals surface area contributed by atoms with Crippen LogP contribution in [0.1, 0.15) is 39.1 Å². The van der Waals surface area contributed by atoms with Crippen LogP contribution < -0.4 is 5.32 Å². The highest BCUT2D eigenvalue weighted by atomic mass is 19.4. The largest absolute Gasteiger partial charge is 0.405 e. The third-order valence-electron chi connectivity index (χ3n) is 5.26. The van der Waals surface area contributed by atoms with Crippen LogP contribution in [0.2, 0.25) is 0 Å². The lowest BCUT2D eigenvalue weighted by Gasteiger charge is -2.23. The molecule has 0 heterocycles. The first-order chi connectivity index (χ1) is 14.8. The number of nitrogens with zero attached hydrogens (tertiary/aromatic N) is 1. The van der Waals surface area contributed by atoms with E-state index >= 15 is 0 Å². The predicted octanol–water partition coefficient (Wildman–Crippen LogP) is 4.94. The third-order valence-corrected chi connectivity index (χ3v) is 5.26. The van der Waals surface area contributed by atoms with E-state index in [1.807, 2.05) is 52.7 Å². The van der Waals surface area contributed by atoms with Crippen molar-refractivity contribution in [1.29, 1.82) is 0 Å². The van der Waals surface area contributed by atoms with Crippen LogP contribution in [-0.4, -0.2) is 35.5 Å². The summed E-state index contributed by atoms with van der Waals surface area (Å²) in [4.78, 5) is 26.9. The number of amides is 2. The molecule has 2 amide bonds. The van der Waals surface area contributed by atoms with Gasteiger partial charge in [-0.2, -0.15) is 13.2 Å². The fourth-order valence-corrected chi connectivity index (χ4v) is 3.48. The number of carbonyl (C=O) groups excluding carboxylic acids is 2. The molecule has 0 aliphatic heterocycles. The number of hydrogen-bond acceptors (Lipinski definition) is 2. The van der Waals surface area contributed by atoms with Crippen molar-refractivity contribution in [3.05, 3.63) is 83.4 Å². The topological polar surface area (TPSA) is 49.4 Å². The van der Waals surface area contributed by atoms with Crippen LogP contribution in [0.15, 0.2) is 66.7 Å². The molecule has 160 valence electrons. The average molecular weight is 426 g/mol. The normalized spacial score (nSPS) is 13.8. The smallest absolute Gasteiger partial charge is 0.343 e. The van der Waals surface area contributed by atoms with Gasteiger partial charge in [-0.05, 0) is 53.4 Å². The van der Waals surface area contributed by atoms with Gasteiger partial charge in [0.2, 0.25) is 0 Å². The second-order valence-electron chi connectivity index (χ2n) is 7.72. The van der Waals surface area contributed by atoms with E-state index in [-0.39, 0.29) is 17.5 Å². The molecule has 1 N–H and O–H groups in total. The zero-order chi connectivity index (χ0) is 22.0. The van der Waals surface area contributed by atoms with E-state index in [1.54, 1.807) is 12.1 Å². The van der Waals surface area contributed by atoms with Crippen LogP contribution in [0.3, 0.4) is 0 Å². The molecule has 0 saturated heterocycles. The van der Waals surface area contributed by atoms with Gasteiger partial charge in [0.05, 0.1) is 0 Å². The van der Waals surface area contributed by atoms with Crippen molar-refractivity contribution in [2.75, 3.05) is 6.54 Å². The second kappa shape index (κ2) is 8.41. The Bertz CT molecular complexity index is 1110. The minimum absolute atomic E-state index is 0.0553. The minimum atomic E-state index is -4.45. The molecular weight excluding hydrogens is 405 g/mol. The zero-order valence-corrected chi connectivity index (χ0v) is 16.7. The molecule has 0 unspecified atom stereocenters.